The summed E-state index contributed by atoms with van der Waals surface area (Å²) < 4.78 is 5.69. The summed E-state index contributed by atoms with van der Waals surface area (Å²) in [5.41, 5.74) is 4.50. The monoisotopic (exact) mass is 379 g/mol. The van der Waals surface area contributed by atoms with Gasteiger partial charge in [0.05, 0.1) is 0 Å². The third-order valence-corrected chi connectivity index (χ3v) is 6.53. The van der Waals surface area contributed by atoms with Crippen LogP contribution in [-0.2, 0) is 16.6 Å². The van der Waals surface area contributed by atoms with Gasteiger partial charge in [0, 0.05) is 30.5 Å². The van der Waals surface area contributed by atoms with Gasteiger partial charge in [0.15, 0.2) is 0 Å². The van der Waals surface area contributed by atoms with Gasteiger partial charge in [-0.25, -0.2) is 14.8 Å². The van der Waals surface area contributed by atoms with Gasteiger partial charge in [0.25, 0.3) is 0 Å². The van der Waals surface area contributed by atoms with E-state index in [-0.39, 0.29) is 17.6 Å². The first kappa shape index (κ1) is 18.9. The fourth-order valence-corrected chi connectivity index (χ4v) is 4.79. The van der Waals surface area contributed by atoms with Crippen molar-refractivity contribution in [1.29, 1.82) is 0 Å². The first-order valence-electron chi connectivity index (χ1n) is 10.1. The molecule has 1 aliphatic carbocycles. The molecule has 0 saturated carbocycles. The highest BCUT2D eigenvalue weighted by atomic mass is 16.6. The molecule has 1 amide bonds. The Morgan fingerprint density at radius 1 is 1.21 bits per heavy atom. The Kier molecular flexibility index (Phi) is 4.44. The largest absolute Gasteiger partial charge is 0.444 e. The van der Waals surface area contributed by atoms with Crippen LogP contribution in [0.25, 0.3) is 11.1 Å². The lowest BCUT2D eigenvalue weighted by molar-refractivity contribution is -0.0164. The SMILES string of the molecule is C[C@@H]1[C@H]2Cc3ccc(-c4cncnc4)cc3[C@]1(C)CCN2C(=O)OC(C)(C)C. The van der Waals surface area contributed by atoms with Gasteiger partial charge in [-0.3, -0.25) is 0 Å². The lowest BCUT2D eigenvalue weighted by atomic mass is 9.59. The van der Waals surface area contributed by atoms with Crippen molar-refractivity contribution in [3.8, 4) is 11.1 Å². The van der Waals surface area contributed by atoms with Crippen molar-refractivity contribution in [2.45, 2.75) is 64.5 Å². The molecule has 1 aromatic heterocycles. The summed E-state index contributed by atoms with van der Waals surface area (Å²) in [5, 5.41) is 0. The number of carbonyl (C=O) groups excluding carboxylic acids is 1. The Hall–Kier alpha value is -2.43. The number of aromatic nitrogens is 2. The van der Waals surface area contributed by atoms with Crippen molar-refractivity contribution in [2.24, 2.45) is 5.92 Å². The van der Waals surface area contributed by atoms with Gasteiger partial charge in [-0.1, -0.05) is 32.0 Å². The van der Waals surface area contributed by atoms with Crippen LogP contribution in [0.1, 0.15) is 52.2 Å². The maximum atomic E-state index is 12.8. The number of ether oxygens (including phenoxy) is 1. The molecule has 4 rings (SSSR count). The van der Waals surface area contributed by atoms with Crippen molar-refractivity contribution < 1.29 is 9.53 Å². The van der Waals surface area contributed by atoms with E-state index in [2.05, 4.69) is 42.0 Å². The Labute approximate surface area is 167 Å². The van der Waals surface area contributed by atoms with Crippen LogP contribution in [0.4, 0.5) is 4.79 Å². The van der Waals surface area contributed by atoms with Crippen molar-refractivity contribution >= 4 is 6.09 Å². The predicted octanol–water partition coefficient (Wildman–Crippen LogP) is 4.60. The average Bonchev–Trinajstić information content (AvgIpc) is 2.63. The number of rotatable bonds is 1. The maximum absolute atomic E-state index is 12.8. The normalized spacial score (nSPS) is 26.5. The molecule has 0 unspecified atom stereocenters. The molecule has 1 aliphatic heterocycles. The Morgan fingerprint density at radius 2 is 1.93 bits per heavy atom. The van der Waals surface area contributed by atoms with Crippen LogP contribution in [0.15, 0.2) is 36.9 Å². The fraction of sp³-hybridized carbons (Fsp3) is 0.522. The molecule has 2 aromatic rings. The second-order valence-corrected chi connectivity index (χ2v) is 9.40. The molecule has 1 saturated heterocycles. The standard InChI is InChI=1S/C23H29N3O2/c1-15-20-11-17-7-6-16(18-12-24-14-25-13-18)10-19(17)23(15,5)8-9-26(20)21(27)28-22(2,3)4/h6-7,10,12-15,20H,8-9,11H2,1-5H3/t15-,20-,23-/m1/s1. The number of amides is 1. The predicted molar refractivity (Wildman–Crippen MR) is 109 cm³/mol. The summed E-state index contributed by atoms with van der Waals surface area (Å²) in [6.45, 7) is 11.1. The summed E-state index contributed by atoms with van der Waals surface area (Å²) >= 11 is 0. The van der Waals surface area contributed by atoms with Crippen LogP contribution < -0.4 is 0 Å². The van der Waals surface area contributed by atoms with E-state index < -0.39 is 5.60 Å². The Balaban J connectivity index is 1.69. The van der Waals surface area contributed by atoms with Crippen molar-refractivity contribution in [3.63, 3.8) is 0 Å². The van der Waals surface area contributed by atoms with Gasteiger partial charge in [-0.05, 0) is 61.6 Å². The van der Waals surface area contributed by atoms with Gasteiger partial charge < -0.3 is 9.64 Å². The number of hydrogen-bond acceptors (Lipinski definition) is 4. The fourth-order valence-electron chi connectivity index (χ4n) is 4.79. The van der Waals surface area contributed by atoms with E-state index in [1.54, 1.807) is 6.33 Å². The summed E-state index contributed by atoms with van der Waals surface area (Å²) in [6, 6.07) is 6.84. The van der Waals surface area contributed by atoms with E-state index in [0.717, 1.165) is 30.5 Å². The average molecular weight is 380 g/mol. The molecular formula is C23H29N3O2. The van der Waals surface area contributed by atoms with Crippen molar-refractivity contribution in [2.75, 3.05) is 6.54 Å². The van der Waals surface area contributed by atoms with Crippen molar-refractivity contribution in [3.05, 3.63) is 48.0 Å². The van der Waals surface area contributed by atoms with E-state index in [0.29, 0.717) is 5.92 Å². The molecule has 2 bridgehead atoms. The highest BCUT2D eigenvalue weighted by Crippen LogP contribution is 2.49. The van der Waals surface area contributed by atoms with E-state index in [9.17, 15) is 4.79 Å². The smallest absolute Gasteiger partial charge is 0.410 e. The molecule has 2 heterocycles. The third kappa shape index (κ3) is 3.17. The molecule has 5 heteroatoms. The third-order valence-electron chi connectivity index (χ3n) is 6.53. The number of benzene rings is 1. The van der Waals surface area contributed by atoms with Gasteiger partial charge in [-0.2, -0.15) is 0 Å². The lowest BCUT2D eigenvalue weighted by Crippen LogP contribution is -2.60. The highest BCUT2D eigenvalue weighted by Gasteiger charge is 2.50. The molecule has 2 aliphatic rings. The molecule has 0 spiro atoms. The molecule has 0 N–H and O–H groups in total. The molecule has 148 valence electrons. The van der Waals surface area contributed by atoms with Crippen LogP contribution in [0.3, 0.4) is 0 Å². The maximum Gasteiger partial charge on any atom is 0.410 e. The minimum Gasteiger partial charge on any atom is -0.444 e. The minimum atomic E-state index is -0.472. The number of hydrogen-bond donors (Lipinski definition) is 0. The van der Waals surface area contributed by atoms with Gasteiger partial charge in [-0.15, -0.1) is 0 Å². The first-order chi connectivity index (χ1) is 13.2. The number of likely N-dealkylation sites (tertiary alicyclic amines) is 1. The molecule has 1 fully saturated rings. The summed E-state index contributed by atoms with van der Waals surface area (Å²) in [5.74, 6) is 0.364. The molecule has 28 heavy (non-hydrogen) atoms. The zero-order chi connectivity index (χ0) is 20.1. The molecule has 0 radical (unpaired) electrons. The Morgan fingerprint density at radius 3 is 2.61 bits per heavy atom. The zero-order valence-corrected chi connectivity index (χ0v) is 17.4. The van der Waals surface area contributed by atoms with Gasteiger partial charge in [0.1, 0.15) is 11.9 Å². The summed E-state index contributed by atoms with van der Waals surface area (Å²) in [4.78, 5) is 23.1. The van der Waals surface area contributed by atoms with E-state index >= 15 is 0 Å². The number of piperidine rings is 1. The molecule has 1 aromatic carbocycles. The molecule has 3 atom stereocenters. The van der Waals surface area contributed by atoms with Crippen LogP contribution >= 0.6 is 0 Å². The Bertz CT molecular complexity index is 890. The quantitative estimate of drug-likeness (QED) is 0.726. The second kappa shape index (κ2) is 6.57. The zero-order valence-electron chi connectivity index (χ0n) is 17.4. The molecule has 5 nitrogen and oxygen atoms in total. The highest BCUT2D eigenvalue weighted by molar-refractivity contribution is 5.70. The van der Waals surface area contributed by atoms with E-state index in [1.807, 2.05) is 38.1 Å². The van der Waals surface area contributed by atoms with Crippen LogP contribution in [0.2, 0.25) is 0 Å². The van der Waals surface area contributed by atoms with E-state index in [4.69, 9.17) is 4.74 Å². The summed E-state index contributed by atoms with van der Waals surface area (Å²) in [6.07, 6.45) is 6.90. The van der Waals surface area contributed by atoms with Crippen LogP contribution in [0.5, 0.6) is 0 Å². The number of fused-ring (bicyclic) bond motifs is 4. The van der Waals surface area contributed by atoms with Crippen LogP contribution in [-0.4, -0.2) is 39.1 Å². The van der Waals surface area contributed by atoms with Gasteiger partial charge in [0.2, 0.25) is 0 Å². The van der Waals surface area contributed by atoms with E-state index in [1.165, 1.54) is 11.1 Å². The van der Waals surface area contributed by atoms with Gasteiger partial charge >= 0.3 is 6.09 Å². The number of nitrogens with zero attached hydrogens (tertiary/aromatic N) is 3. The van der Waals surface area contributed by atoms with Crippen molar-refractivity contribution in [1.82, 2.24) is 14.9 Å². The summed E-state index contributed by atoms with van der Waals surface area (Å²) in [7, 11) is 0. The minimum absolute atomic E-state index is 0.0441. The first-order valence-corrected chi connectivity index (χ1v) is 10.1. The number of carbonyl (C=O) groups is 1. The lowest BCUT2D eigenvalue weighted by Gasteiger charge is -2.54. The molecular weight excluding hydrogens is 350 g/mol. The second-order valence-electron chi connectivity index (χ2n) is 9.40. The van der Waals surface area contributed by atoms with Crippen LogP contribution in [0, 0.1) is 5.92 Å². The topological polar surface area (TPSA) is 55.3 Å².